The Bertz CT molecular complexity index is 3180. The van der Waals surface area contributed by atoms with Crippen LogP contribution in [0.2, 0.25) is 0 Å². The molecule has 0 N–H and O–H groups in total. The van der Waals surface area contributed by atoms with Crippen LogP contribution in [0.1, 0.15) is 0 Å². The van der Waals surface area contributed by atoms with Gasteiger partial charge >= 0.3 is 0 Å². The molecular weight excluding hydrogens is 745 g/mol. The molecule has 0 fully saturated rings. The minimum atomic E-state index is 1.15. The largest absolute Gasteiger partial charge is 0.309 e. The number of halogens is 1. The Morgan fingerprint density at radius 3 is 1.58 bits per heavy atom. The van der Waals surface area contributed by atoms with E-state index in [1.807, 2.05) is 0 Å². The number of fused-ring (bicyclic) bond motifs is 9. The van der Waals surface area contributed by atoms with E-state index in [0.29, 0.717) is 0 Å². The Kier molecular flexibility index (Phi) is 6.52. The van der Waals surface area contributed by atoms with Crippen LogP contribution in [0.25, 0.3) is 99.0 Å². The Morgan fingerprint density at radius 1 is 0.327 bits per heavy atom. The van der Waals surface area contributed by atoms with Gasteiger partial charge in [-0.25, -0.2) is 0 Å². The van der Waals surface area contributed by atoms with E-state index in [1.54, 1.807) is 0 Å². The second kappa shape index (κ2) is 11.5. The average Bonchev–Trinajstić information content (AvgIpc) is 3.83. The summed E-state index contributed by atoms with van der Waals surface area (Å²) in [5.41, 5.74) is 14.4. The minimum Gasteiger partial charge on any atom is -0.309 e. The third-order valence-electron chi connectivity index (χ3n) is 10.8. The molecule has 0 bridgehead atoms. The lowest BCUT2D eigenvalue weighted by Gasteiger charge is -2.12. The fraction of sp³-hybridized carbons (Fsp3) is 0. The van der Waals surface area contributed by atoms with Gasteiger partial charge in [-0.1, -0.05) is 127 Å². The lowest BCUT2D eigenvalue weighted by atomic mass is 9.96. The molecule has 0 aliphatic rings. The van der Waals surface area contributed by atoms with Gasteiger partial charge in [-0.3, -0.25) is 2.78 Å². The summed E-state index contributed by atoms with van der Waals surface area (Å²) >= 11 is 2.45. The van der Waals surface area contributed by atoms with Gasteiger partial charge in [0.15, 0.2) is 0 Å². The maximum atomic E-state index is 2.47. The Morgan fingerprint density at radius 2 is 0.827 bits per heavy atom. The summed E-state index contributed by atoms with van der Waals surface area (Å²) < 4.78 is 7.16. The number of hydrogen-bond acceptors (Lipinski definition) is 0. The van der Waals surface area contributed by atoms with Crippen LogP contribution in [0, 0.1) is 0 Å². The molecule has 0 spiro atoms. The van der Waals surface area contributed by atoms with E-state index in [9.17, 15) is 0 Å². The maximum Gasteiger partial charge on any atom is 0.0646 e. The van der Waals surface area contributed by atoms with Crippen LogP contribution >= 0.6 is 22.9 Å². The van der Waals surface area contributed by atoms with E-state index >= 15 is 0 Å². The molecule has 8 aromatic carbocycles. The minimum absolute atomic E-state index is 1.15. The van der Waals surface area contributed by atoms with E-state index in [2.05, 4.69) is 217 Å². The Balaban J connectivity index is 1.21. The molecule has 0 radical (unpaired) electrons. The summed E-state index contributed by atoms with van der Waals surface area (Å²) in [5.74, 6) is 0. The van der Waals surface area contributed by atoms with Crippen molar-refractivity contribution in [3.63, 3.8) is 0 Å². The number of aromatic nitrogens is 3. The van der Waals surface area contributed by atoms with Gasteiger partial charge in [0.1, 0.15) is 0 Å². The van der Waals surface area contributed by atoms with Crippen molar-refractivity contribution in [1.29, 1.82) is 0 Å². The molecule has 3 aromatic heterocycles. The van der Waals surface area contributed by atoms with Crippen molar-refractivity contribution in [3.05, 3.63) is 182 Å². The van der Waals surface area contributed by atoms with Gasteiger partial charge < -0.3 is 9.13 Å². The number of para-hydroxylation sites is 5. The molecule has 3 nitrogen and oxygen atoms in total. The topological polar surface area (TPSA) is 14.8 Å². The molecule has 0 atom stereocenters. The lowest BCUT2D eigenvalue weighted by molar-refractivity contribution is 1.18. The van der Waals surface area contributed by atoms with Gasteiger partial charge in [-0.05, 0) is 71.3 Å². The van der Waals surface area contributed by atoms with Gasteiger partial charge in [-0.15, -0.1) is 0 Å². The molecule has 0 amide bonds. The van der Waals surface area contributed by atoms with E-state index in [4.69, 9.17) is 0 Å². The van der Waals surface area contributed by atoms with Crippen molar-refractivity contribution in [2.24, 2.45) is 0 Å². The number of hydrogen-bond donors (Lipinski definition) is 0. The molecule has 4 heteroatoms. The summed E-state index contributed by atoms with van der Waals surface area (Å²) in [7, 11) is 0. The van der Waals surface area contributed by atoms with Gasteiger partial charge in [0.05, 0.1) is 56.0 Å². The highest BCUT2D eigenvalue weighted by Gasteiger charge is 2.21. The zero-order chi connectivity index (χ0) is 34.3. The third kappa shape index (κ3) is 4.25. The van der Waals surface area contributed by atoms with Crippen LogP contribution in [0.3, 0.4) is 0 Å². The summed E-state index contributed by atoms with van der Waals surface area (Å²) in [6, 6.07) is 66.5. The molecule has 0 unspecified atom stereocenters. The molecule has 0 saturated carbocycles. The lowest BCUT2D eigenvalue weighted by Crippen LogP contribution is -1.95. The molecule has 244 valence electrons. The van der Waals surface area contributed by atoms with Crippen molar-refractivity contribution >= 4 is 88.3 Å². The molecule has 0 aliphatic heterocycles. The first kappa shape index (κ1) is 29.6. The first-order chi connectivity index (χ1) is 25.7. The monoisotopic (exact) mass is 775 g/mol. The molecule has 0 saturated heterocycles. The van der Waals surface area contributed by atoms with Crippen LogP contribution in [-0.2, 0) is 0 Å². The van der Waals surface area contributed by atoms with Crippen molar-refractivity contribution < 1.29 is 0 Å². The van der Waals surface area contributed by atoms with Crippen molar-refractivity contribution in [2.45, 2.75) is 0 Å². The maximum absolute atomic E-state index is 2.47. The number of nitrogens with zero attached hydrogens (tertiary/aromatic N) is 3. The highest BCUT2D eigenvalue weighted by Crippen LogP contribution is 2.44. The summed E-state index contributed by atoms with van der Waals surface area (Å²) in [6.45, 7) is 0. The average molecular weight is 776 g/mol. The van der Waals surface area contributed by atoms with Crippen LogP contribution in [0.4, 0.5) is 0 Å². The number of benzene rings is 8. The fourth-order valence-electron chi connectivity index (χ4n) is 8.52. The zero-order valence-corrected chi connectivity index (χ0v) is 30.2. The standard InChI is InChI=1S/C48H30IN3/c49-52-43-23-10-8-18-38(43)40-28-26-32(30-46(40)52)36-20-11-21-41-47-35(19-12-24-44(47)51(48(36)41)34-15-5-2-6-16-34)31-25-27-39-37-17-7-9-22-42(37)50(45(39)29-31)33-13-3-1-4-14-33/h1-30H. The quantitative estimate of drug-likeness (QED) is 0.158. The SMILES string of the molecule is In1c2ccccc2c2ccc(-c3cccc4c5c(-c6ccc7c8ccccc8n(-c8ccccc8)c7c6)cccc5n(-c5ccccc5)c34)cc21. The Labute approximate surface area is 314 Å². The molecule has 11 aromatic rings. The predicted octanol–water partition coefficient (Wildman–Crippen LogP) is 13.5. The molecule has 52 heavy (non-hydrogen) atoms. The predicted molar refractivity (Wildman–Crippen MR) is 228 cm³/mol. The zero-order valence-electron chi connectivity index (χ0n) is 28.0. The van der Waals surface area contributed by atoms with Gasteiger partial charge in [0, 0.05) is 49.3 Å². The van der Waals surface area contributed by atoms with E-state index in [1.165, 1.54) is 87.7 Å². The van der Waals surface area contributed by atoms with Gasteiger partial charge in [0.2, 0.25) is 0 Å². The molecule has 0 aliphatic carbocycles. The molecule has 3 heterocycles. The van der Waals surface area contributed by atoms with E-state index in [0.717, 1.165) is 11.4 Å². The fourth-order valence-corrected chi connectivity index (χ4v) is 9.34. The summed E-state index contributed by atoms with van der Waals surface area (Å²) in [4.78, 5) is 0. The highest BCUT2D eigenvalue weighted by molar-refractivity contribution is 14.1. The smallest absolute Gasteiger partial charge is 0.0646 e. The second-order valence-corrected chi connectivity index (χ2v) is 14.5. The van der Waals surface area contributed by atoms with Crippen molar-refractivity contribution in [1.82, 2.24) is 11.9 Å². The second-order valence-electron chi connectivity index (χ2n) is 13.5. The third-order valence-corrected chi connectivity index (χ3v) is 11.8. The molecular formula is C48H30IN3. The first-order valence-electron chi connectivity index (χ1n) is 17.6. The van der Waals surface area contributed by atoms with Gasteiger partial charge in [0.25, 0.3) is 0 Å². The van der Waals surface area contributed by atoms with Crippen LogP contribution < -0.4 is 0 Å². The van der Waals surface area contributed by atoms with Crippen LogP contribution in [0.5, 0.6) is 0 Å². The normalized spacial score (nSPS) is 11.9. The van der Waals surface area contributed by atoms with E-state index < -0.39 is 0 Å². The van der Waals surface area contributed by atoms with E-state index in [-0.39, 0.29) is 0 Å². The molecule has 11 rings (SSSR count). The van der Waals surface area contributed by atoms with Crippen LogP contribution in [0.15, 0.2) is 182 Å². The summed E-state index contributed by atoms with van der Waals surface area (Å²) in [5, 5.41) is 7.57. The van der Waals surface area contributed by atoms with Gasteiger partial charge in [-0.2, -0.15) is 0 Å². The number of rotatable bonds is 4. The van der Waals surface area contributed by atoms with Crippen molar-refractivity contribution in [2.75, 3.05) is 0 Å². The summed E-state index contributed by atoms with van der Waals surface area (Å²) in [6.07, 6.45) is 0. The highest BCUT2D eigenvalue weighted by atomic mass is 127. The van der Waals surface area contributed by atoms with Crippen LogP contribution in [-0.4, -0.2) is 11.9 Å². The Hall–Kier alpha value is -6.11. The van der Waals surface area contributed by atoms with Crippen molar-refractivity contribution in [3.8, 4) is 33.6 Å². The first-order valence-corrected chi connectivity index (χ1v) is 18.6.